The van der Waals surface area contributed by atoms with Gasteiger partial charge in [-0.25, -0.2) is 18.6 Å². The first-order valence-electron chi connectivity index (χ1n) is 8.04. The van der Waals surface area contributed by atoms with Crippen LogP contribution in [0.2, 0.25) is 0 Å². The van der Waals surface area contributed by atoms with Gasteiger partial charge in [-0.05, 0) is 24.6 Å². The Kier molecular flexibility index (Phi) is 5.21. The van der Waals surface area contributed by atoms with Crippen molar-refractivity contribution < 1.29 is 13.6 Å². The van der Waals surface area contributed by atoms with Crippen LogP contribution in [0.15, 0.2) is 42.6 Å². The van der Waals surface area contributed by atoms with Crippen LogP contribution in [0.5, 0.6) is 0 Å². The first kappa shape index (κ1) is 17.5. The Hall–Kier alpha value is -3.29. The maximum atomic E-state index is 13.3. The van der Waals surface area contributed by atoms with Crippen LogP contribution in [-0.4, -0.2) is 22.5 Å². The molecular formula is C18H17F2N5O. The second-order valence-corrected chi connectivity index (χ2v) is 5.55. The van der Waals surface area contributed by atoms with Crippen LogP contribution < -0.4 is 16.0 Å². The van der Waals surface area contributed by atoms with Crippen molar-refractivity contribution in [3.63, 3.8) is 0 Å². The number of nitrogens with zero attached hydrogens (tertiary/aromatic N) is 2. The highest BCUT2D eigenvalue weighted by atomic mass is 19.2. The Bertz CT molecular complexity index is 948. The summed E-state index contributed by atoms with van der Waals surface area (Å²) in [5.74, 6) is -1.48. The number of aromatic nitrogens is 2. The van der Waals surface area contributed by atoms with Gasteiger partial charge in [0.15, 0.2) is 11.6 Å². The average molecular weight is 357 g/mol. The van der Waals surface area contributed by atoms with E-state index in [4.69, 9.17) is 0 Å². The van der Waals surface area contributed by atoms with Gasteiger partial charge in [0.25, 0.3) is 0 Å². The molecule has 0 bridgehead atoms. The molecule has 0 aliphatic heterocycles. The van der Waals surface area contributed by atoms with E-state index in [2.05, 4.69) is 25.9 Å². The fraction of sp³-hybridized carbons (Fsp3) is 0.167. The monoisotopic (exact) mass is 357 g/mol. The van der Waals surface area contributed by atoms with Gasteiger partial charge in [-0.2, -0.15) is 0 Å². The number of fused-ring (bicyclic) bond motifs is 1. The molecule has 0 aliphatic rings. The molecule has 0 saturated carbocycles. The molecule has 0 atom stereocenters. The van der Waals surface area contributed by atoms with E-state index in [9.17, 15) is 13.6 Å². The molecule has 0 saturated heterocycles. The van der Waals surface area contributed by atoms with Gasteiger partial charge in [-0.1, -0.05) is 12.1 Å². The molecule has 134 valence electrons. The Morgan fingerprint density at radius 3 is 2.65 bits per heavy atom. The van der Waals surface area contributed by atoms with Gasteiger partial charge in [0.05, 0.1) is 17.2 Å². The molecule has 3 rings (SSSR count). The predicted molar refractivity (Wildman–Crippen MR) is 95.9 cm³/mol. The number of hydrogen-bond acceptors (Lipinski definition) is 4. The third-order valence-corrected chi connectivity index (χ3v) is 3.58. The van der Waals surface area contributed by atoms with E-state index in [1.165, 1.54) is 6.20 Å². The SMILES string of the molecule is CCNC(=O)Nc1cccc(CNc2cnc3cc(F)c(F)cc3n2)c1. The standard InChI is InChI=1S/C18H17F2N5O/c1-2-21-18(26)24-12-5-3-4-11(6-12)9-23-17-10-22-15-7-13(19)14(20)8-16(15)25-17/h3-8,10H,2,9H2,1H3,(H,23,25)(H2,21,24,26). The number of nitrogens with one attached hydrogen (secondary N) is 3. The van der Waals surface area contributed by atoms with Crippen molar-refractivity contribution in [2.75, 3.05) is 17.2 Å². The van der Waals surface area contributed by atoms with Gasteiger partial charge in [0.1, 0.15) is 5.82 Å². The van der Waals surface area contributed by atoms with Crippen LogP contribution in [0.4, 0.5) is 25.1 Å². The highest BCUT2D eigenvalue weighted by Crippen LogP contribution is 2.17. The zero-order valence-electron chi connectivity index (χ0n) is 14.0. The van der Waals surface area contributed by atoms with Crippen molar-refractivity contribution in [3.8, 4) is 0 Å². The summed E-state index contributed by atoms with van der Waals surface area (Å²) in [7, 11) is 0. The second kappa shape index (κ2) is 7.73. The Morgan fingerprint density at radius 2 is 1.88 bits per heavy atom. The van der Waals surface area contributed by atoms with Crippen molar-refractivity contribution in [2.24, 2.45) is 0 Å². The molecule has 26 heavy (non-hydrogen) atoms. The topological polar surface area (TPSA) is 78.9 Å². The molecule has 0 radical (unpaired) electrons. The predicted octanol–water partition coefficient (Wildman–Crippen LogP) is 3.66. The van der Waals surface area contributed by atoms with Gasteiger partial charge >= 0.3 is 6.03 Å². The number of rotatable bonds is 5. The fourth-order valence-corrected chi connectivity index (χ4v) is 2.38. The van der Waals surface area contributed by atoms with E-state index >= 15 is 0 Å². The lowest BCUT2D eigenvalue weighted by Crippen LogP contribution is -2.28. The van der Waals surface area contributed by atoms with Crippen LogP contribution in [0.25, 0.3) is 11.0 Å². The molecular weight excluding hydrogens is 340 g/mol. The van der Waals surface area contributed by atoms with Gasteiger partial charge in [0.2, 0.25) is 0 Å². The number of carbonyl (C=O) groups is 1. The number of halogens is 2. The van der Waals surface area contributed by atoms with Crippen molar-refractivity contribution in [1.29, 1.82) is 0 Å². The largest absolute Gasteiger partial charge is 0.365 e. The minimum Gasteiger partial charge on any atom is -0.365 e. The summed E-state index contributed by atoms with van der Waals surface area (Å²) >= 11 is 0. The summed E-state index contributed by atoms with van der Waals surface area (Å²) in [6, 6.07) is 9.07. The highest BCUT2D eigenvalue weighted by Gasteiger charge is 2.07. The molecule has 0 unspecified atom stereocenters. The van der Waals surface area contributed by atoms with Crippen LogP contribution in [-0.2, 0) is 6.54 Å². The molecule has 0 aliphatic carbocycles. The zero-order chi connectivity index (χ0) is 18.5. The van der Waals surface area contributed by atoms with E-state index in [-0.39, 0.29) is 17.1 Å². The first-order valence-corrected chi connectivity index (χ1v) is 8.04. The highest BCUT2D eigenvalue weighted by molar-refractivity contribution is 5.89. The van der Waals surface area contributed by atoms with Crippen LogP contribution in [0.3, 0.4) is 0 Å². The molecule has 8 heteroatoms. The van der Waals surface area contributed by atoms with E-state index in [1.807, 2.05) is 25.1 Å². The molecule has 2 amide bonds. The molecule has 1 heterocycles. The Labute approximate surface area is 148 Å². The summed E-state index contributed by atoms with van der Waals surface area (Å²) < 4.78 is 26.5. The Balaban J connectivity index is 1.69. The van der Waals surface area contributed by atoms with Gasteiger partial charge in [0, 0.05) is 30.9 Å². The van der Waals surface area contributed by atoms with Gasteiger partial charge < -0.3 is 16.0 Å². The lowest BCUT2D eigenvalue weighted by atomic mass is 10.2. The van der Waals surface area contributed by atoms with Crippen LogP contribution >= 0.6 is 0 Å². The number of amides is 2. The van der Waals surface area contributed by atoms with E-state index in [1.54, 1.807) is 6.07 Å². The fourth-order valence-electron chi connectivity index (χ4n) is 2.38. The van der Waals surface area contributed by atoms with Crippen molar-refractivity contribution >= 4 is 28.6 Å². The lowest BCUT2D eigenvalue weighted by molar-refractivity contribution is 0.252. The van der Waals surface area contributed by atoms with Crippen LogP contribution in [0.1, 0.15) is 12.5 Å². The average Bonchev–Trinajstić information content (AvgIpc) is 2.61. The van der Waals surface area contributed by atoms with E-state index < -0.39 is 11.6 Å². The first-order chi connectivity index (χ1) is 12.5. The summed E-state index contributed by atoms with van der Waals surface area (Å²) in [5, 5.41) is 8.46. The molecule has 1 aromatic heterocycles. The lowest BCUT2D eigenvalue weighted by Gasteiger charge is -2.09. The van der Waals surface area contributed by atoms with Crippen molar-refractivity contribution in [1.82, 2.24) is 15.3 Å². The molecule has 0 fully saturated rings. The normalized spacial score (nSPS) is 10.6. The van der Waals surface area contributed by atoms with E-state index in [0.717, 1.165) is 17.7 Å². The molecule has 3 aromatic rings. The van der Waals surface area contributed by atoms with Crippen molar-refractivity contribution in [2.45, 2.75) is 13.5 Å². The number of hydrogen-bond donors (Lipinski definition) is 3. The maximum Gasteiger partial charge on any atom is 0.319 e. The molecule has 2 aromatic carbocycles. The third kappa shape index (κ3) is 4.21. The molecule has 3 N–H and O–H groups in total. The number of urea groups is 1. The quantitative estimate of drug-likeness (QED) is 0.651. The summed E-state index contributed by atoms with van der Waals surface area (Å²) in [5.41, 5.74) is 2.12. The third-order valence-electron chi connectivity index (χ3n) is 3.58. The second-order valence-electron chi connectivity index (χ2n) is 5.55. The molecule has 0 spiro atoms. The van der Waals surface area contributed by atoms with Gasteiger partial charge in [-0.15, -0.1) is 0 Å². The molecule has 6 nitrogen and oxygen atoms in total. The minimum absolute atomic E-state index is 0.264. The number of carbonyl (C=O) groups excluding carboxylic acids is 1. The van der Waals surface area contributed by atoms with Gasteiger partial charge in [-0.3, -0.25) is 4.98 Å². The van der Waals surface area contributed by atoms with Crippen LogP contribution in [0, 0.1) is 11.6 Å². The zero-order valence-corrected chi connectivity index (χ0v) is 14.0. The van der Waals surface area contributed by atoms with Crippen molar-refractivity contribution in [3.05, 3.63) is 59.8 Å². The Morgan fingerprint density at radius 1 is 1.12 bits per heavy atom. The minimum atomic E-state index is -0.965. The maximum absolute atomic E-state index is 13.3. The smallest absolute Gasteiger partial charge is 0.319 e. The summed E-state index contributed by atoms with van der Waals surface area (Å²) in [6.07, 6.45) is 1.45. The number of anilines is 2. The number of benzene rings is 2. The summed E-state index contributed by atoms with van der Waals surface area (Å²) in [4.78, 5) is 19.9. The van der Waals surface area contributed by atoms with E-state index in [0.29, 0.717) is 24.6 Å². The summed E-state index contributed by atoms with van der Waals surface area (Å²) in [6.45, 7) is 2.80.